The molecule has 4 N–H and O–H groups in total. The van der Waals surface area contributed by atoms with Gasteiger partial charge in [-0.1, -0.05) is 0 Å². The molecule has 0 aliphatic rings. The van der Waals surface area contributed by atoms with Crippen LogP contribution in [0.4, 0.5) is 17.5 Å². The van der Waals surface area contributed by atoms with Gasteiger partial charge in [-0.2, -0.15) is 4.98 Å². The number of nitrogens with zero attached hydrogens (tertiary/aromatic N) is 3. The first-order valence-corrected chi connectivity index (χ1v) is 4.74. The topological polar surface area (TPSA) is 81.1 Å². The first-order valence-electron chi connectivity index (χ1n) is 4.74. The van der Waals surface area contributed by atoms with E-state index in [0.717, 1.165) is 18.8 Å². The number of nitrogens with two attached hydrogens (primary N) is 2. The van der Waals surface area contributed by atoms with Crippen molar-refractivity contribution < 1.29 is 0 Å². The maximum absolute atomic E-state index is 5.67. The molecule has 0 amide bonds. The minimum absolute atomic E-state index is 0.361. The first-order chi connectivity index (χ1) is 6.60. The number of aromatic nitrogens is 2. The average Bonchev–Trinajstić information content (AvgIpc) is 2.16. The van der Waals surface area contributed by atoms with Crippen molar-refractivity contribution in [3.8, 4) is 0 Å². The normalized spacial score (nSPS) is 10.2. The average molecular weight is 195 g/mol. The van der Waals surface area contributed by atoms with Crippen molar-refractivity contribution in [2.24, 2.45) is 0 Å². The molecule has 0 bridgehead atoms. The third-order valence-electron chi connectivity index (χ3n) is 2.20. The number of anilines is 3. The van der Waals surface area contributed by atoms with Crippen molar-refractivity contribution in [1.82, 2.24) is 9.97 Å². The van der Waals surface area contributed by atoms with E-state index in [-0.39, 0.29) is 0 Å². The predicted octanol–water partition coefficient (Wildman–Crippen LogP) is 0.796. The van der Waals surface area contributed by atoms with E-state index in [1.54, 1.807) is 0 Å². The van der Waals surface area contributed by atoms with Gasteiger partial charge in [-0.25, -0.2) is 4.98 Å². The van der Waals surface area contributed by atoms with Gasteiger partial charge in [0.05, 0.1) is 11.4 Å². The van der Waals surface area contributed by atoms with Crippen LogP contribution in [0.3, 0.4) is 0 Å². The fourth-order valence-corrected chi connectivity index (χ4v) is 1.24. The Kier molecular flexibility index (Phi) is 3.11. The number of hydrogen-bond acceptors (Lipinski definition) is 5. The summed E-state index contributed by atoms with van der Waals surface area (Å²) in [6.45, 7) is 7.66. The van der Waals surface area contributed by atoms with E-state index < -0.39 is 0 Å². The number of nitrogen functional groups attached to an aromatic ring is 2. The summed E-state index contributed by atoms with van der Waals surface area (Å²) in [4.78, 5) is 10.5. The Bertz CT molecular complexity index is 296. The lowest BCUT2D eigenvalue weighted by Gasteiger charge is -2.19. The van der Waals surface area contributed by atoms with Crippen LogP contribution >= 0.6 is 0 Å². The molecule has 0 spiro atoms. The Morgan fingerprint density at radius 2 is 1.71 bits per heavy atom. The van der Waals surface area contributed by atoms with Crippen LogP contribution in [-0.4, -0.2) is 23.1 Å². The molecule has 0 aliphatic carbocycles. The second-order valence-electron chi connectivity index (χ2n) is 3.08. The summed E-state index contributed by atoms with van der Waals surface area (Å²) in [7, 11) is 0. The lowest BCUT2D eigenvalue weighted by Crippen LogP contribution is -2.25. The van der Waals surface area contributed by atoms with E-state index in [0.29, 0.717) is 17.5 Å². The largest absolute Gasteiger partial charge is 0.394 e. The minimum atomic E-state index is 0.361. The molecule has 1 aromatic rings. The summed E-state index contributed by atoms with van der Waals surface area (Å²) in [5.74, 6) is 1.01. The van der Waals surface area contributed by atoms with Crippen LogP contribution in [0.15, 0.2) is 0 Å². The summed E-state index contributed by atoms with van der Waals surface area (Å²) in [6.07, 6.45) is 0. The smallest absolute Gasteiger partial charge is 0.227 e. The molecule has 0 saturated heterocycles. The Hall–Kier alpha value is -1.52. The highest BCUT2D eigenvalue weighted by Crippen LogP contribution is 2.18. The van der Waals surface area contributed by atoms with Crippen LogP contribution in [0.25, 0.3) is 0 Å². The second-order valence-corrected chi connectivity index (χ2v) is 3.08. The molecule has 14 heavy (non-hydrogen) atoms. The van der Waals surface area contributed by atoms with Crippen molar-refractivity contribution >= 4 is 17.5 Å². The summed E-state index contributed by atoms with van der Waals surface area (Å²) in [6, 6.07) is 0. The van der Waals surface area contributed by atoms with Gasteiger partial charge in [0.1, 0.15) is 0 Å². The van der Waals surface area contributed by atoms with Crippen molar-refractivity contribution in [1.29, 1.82) is 0 Å². The standard InChI is InChI=1S/C9H17N5/c1-4-14(5-2)9-12-6(3)7(10)8(11)13-9/h4-5,10H2,1-3H3,(H2,11,12,13). The van der Waals surface area contributed by atoms with Crippen LogP contribution in [-0.2, 0) is 0 Å². The maximum Gasteiger partial charge on any atom is 0.227 e. The van der Waals surface area contributed by atoms with Gasteiger partial charge in [0, 0.05) is 13.1 Å². The van der Waals surface area contributed by atoms with Gasteiger partial charge in [0.15, 0.2) is 5.82 Å². The summed E-state index contributed by atoms with van der Waals surface area (Å²) in [5.41, 5.74) is 12.5. The molecule has 0 saturated carbocycles. The van der Waals surface area contributed by atoms with Gasteiger partial charge in [-0.05, 0) is 20.8 Å². The van der Waals surface area contributed by atoms with E-state index in [1.165, 1.54) is 0 Å². The molecule has 1 heterocycles. The van der Waals surface area contributed by atoms with E-state index in [4.69, 9.17) is 11.5 Å². The van der Waals surface area contributed by atoms with Crippen LogP contribution in [0.2, 0.25) is 0 Å². The van der Waals surface area contributed by atoms with Crippen LogP contribution < -0.4 is 16.4 Å². The van der Waals surface area contributed by atoms with E-state index in [1.807, 2.05) is 11.8 Å². The highest BCUT2D eigenvalue weighted by Gasteiger charge is 2.09. The molecule has 0 radical (unpaired) electrons. The Morgan fingerprint density at radius 3 is 2.14 bits per heavy atom. The highest BCUT2D eigenvalue weighted by atomic mass is 15.3. The summed E-state index contributed by atoms with van der Waals surface area (Å²) < 4.78 is 0. The van der Waals surface area contributed by atoms with Crippen LogP contribution in [0.5, 0.6) is 0 Å². The van der Waals surface area contributed by atoms with Crippen molar-refractivity contribution in [3.63, 3.8) is 0 Å². The SMILES string of the molecule is CCN(CC)c1nc(C)c(N)c(N)n1. The number of rotatable bonds is 3. The zero-order valence-electron chi connectivity index (χ0n) is 8.91. The highest BCUT2D eigenvalue weighted by molar-refractivity contribution is 5.62. The first kappa shape index (κ1) is 10.6. The molecule has 1 rings (SSSR count). The molecule has 5 nitrogen and oxygen atoms in total. The van der Waals surface area contributed by atoms with Gasteiger partial charge in [-0.15, -0.1) is 0 Å². The zero-order chi connectivity index (χ0) is 10.7. The van der Waals surface area contributed by atoms with Crippen molar-refractivity contribution in [3.05, 3.63) is 5.69 Å². The fourth-order valence-electron chi connectivity index (χ4n) is 1.24. The quantitative estimate of drug-likeness (QED) is 0.745. The molecular weight excluding hydrogens is 178 g/mol. The molecular formula is C9H17N5. The van der Waals surface area contributed by atoms with E-state index in [2.05, 4.69) is 23.8 Å². The lowest BCUT2D eigenvalue weighted by molar-refractivity contribution is 0.819. The molecule has 0 aliphatic heterocycles. The Labute approximate surface area is 84.1 Å². The van der Waals surface area contributed by atoms with E-state index in [9.17, 15) is 0 Å². The Morgan fingerprint density at radius 1 is 1.14 bits per heavy atom. The van der Waals surface area contributed by atoms with Crippen LogP contribution in [0.1, 0.15) is 19.5 Å². The monoisotopic (exact) mass is 195 g/mol. The molecule has 0 unspecified atom stereocenters. The molecule has 78 valence electrons. The van der Waals surface area contributed by atoms with E-state index >= 15 is 0 Å². The minimum Gasteiger partial charge on any atom is -0.394 e. The molecule has 1 aromatic heterocycles. The molecule has 0 aromatic carbocycles. The summed E-state index contributed by atoms with van der Waals surface area (Å²) in [5, 5.41) is 0. The lowest BCUT2D eigenvalue weighted by atomic mass is 10.3. The Balaban J connectivity index is 3.11. The van der Waals surface area contributed by atoms with Gasteiger partial charge in [-0.3, -0.25) is 0 Å². The van der Waals surface area contributed by atoms with Crippen LogP contribution in [0, 0.1) is 6.92 Å². The van der Waals surface area contributed by atoms with Gasteiger partial charge in [0.2, 0.25) is 5.95 Å². The molecule has 0 fully saturated rings. The third kappa shape index (κ3) is 1.86. The zero-order valence-corrected chi connectivity index (χ0v) is 8.91. The molecule has 0 atom stereocenters. The number of aryl methyl sites for hydroxylation is 1. The van der Waals surface area contributed by atoms with Crippen molar-refractivity contribution in [2.75, 3.05) is 29.5 Å². The van der Waals surface area contributed by atoms with Gasteiger partial charge < -0.3 is 16.4 Å². The second kappa shape index (κ2) is 4.13. The summed E-state index contributed by atoms with van der Waals surface area (Å²) >= 11 is 0. The third-order valence-corrected chi connectivity index (χ3v) is 2.20. The molecule has 5 heteroatoms. The predicted molar refractivity (Wildman–Crippen MR) is 59.2 cm³/mol. The van der Waals surface area contributed by atoms with Gasteiger partial charge in [0.25, 0.3) is 0 Å². The van der Waals surface area contributed by atoms with Crippen molar-refractivity contribution in [2.45, 2.75) is 20.8 Å². The number of hydrogen-bond donors (Lipinski definition) is 2. The maximum atomic E-state index is 5.67. The van der Waals surface area contributed by atoms with Gasteiger partial charge >= 0.3 is 0 Å². The fraction of sp³-hybridized carbons (Fsp3) is 0.556.